The number of nitrogens with zero attached hydrogens (tertiary/aromatic N) is 2. The Labute approximate surface area is 102 Å². The van der Waals surface area contributed by atoms with Crippen molar-refractivity contribution < 1.29 is 9.53 Å². The minimum Gasteiger partial charge on any atom is -0.461 e. The smallest absolute Gasteiger partial charge is 0.356 e. The minimum atomic E-state index is -0.262. The number of carbonyl (C=O) groups is 1. The zero-order valence-corrected chi connectivity index (χ0v) is 11.0. The molecule has 1 aliphatic rings. The number of carbonyl (C=O) groups excluding carboxylic acids is 1. The van der Waals surface area contributed by atoms with E-state index in [1.165, 1.54) is 0 Å². The van der Waals surface area contributed by atoms with Crippen molar-refractivity contribution in [2.24, 2.45) is 0 Å². The third-order valence-corrected chi connectivity index (χ3v) is 2.88. The van der Waals surface area contributed by atoms with E-state index in [2.05, 4.69) is 25.9 Å². The Hall–Kier alpha value is -1.32. The Bertz CT molecular complexity index is 425. The van der Waals surface area contributed by atoms with Crippen LogP contribution in [0.5, 0.6) is 0 Å². The summed E-state index contributed by atoms with van der Waals surface area (Å²) in [4.78, 5) is 11.9. The quantitative estimate of drug-likeness (QED) is 0.758. The van der Waals surface area contributed by atoms with Crippen LogP contribution >= 0.6 is 0 Å². The van der Waals surface area contributed by atoms with Crippen LogP contribution in [-0.4, -0.2) is 22.4 Å². The van der Waals surface area contributed by atoms with Gasteiger partial charge >= 0.3 is 5.97 Å². The molecule has 0 aliphatic heterocycles. The molecule has 1 fully saturated rings. The summed E-state index contributed by atoms with van der Waals surface area (Å²) >= 11 is 0. The van der Waals surface area contributed by atoms with Crippen LogP contribution in [0, 0.1) is 0 Å². The molecule has 17 heavy (non-hydrogen) atoms. The molecule has 4 heteroatoms. The standard InChI is InChI=1S/C13H20N2O2/c1-5-17-12(16)10-8-11(13(2,3)4)14-15(10)9-6-7-9/h8-9H,5-7H2,1-4H3. The van der Waals surface area contributed by atoms with Gasteiger partial charge in [0, 0.05) is 5.41 Å². The third kappa shape index (κ3) is 2.51. The second-order valence-electron chi connectivity index (χ2n) is 5.56. The first-order chi connectivity index (χ1) is 7.93. The molecule has 1 aromatic heterocycles. The lowest BCUT2D eigenvalue weighted by atomic mass is 9.92. The molecule has 0 spiro atoms. The van der Waals surface area contributed by atoms with Gasteiger partial charge in [-0.2, -0.15) is 5.10 Å². The summed E-state index contributed by atoms with van der Waals surface area (Å²) in [7, 11) is 0. The molecule has 0 unspecified atom stereocenters. The van der Waals surface area contributed by atoms with E-state index in [4.69, 9.17) is 4.74 Å². The van der Waals surface area contributed by atoms with Gasteiger partial charge in [0.25, 0.3) is 0 Å². The van der Waals surface area contributed by atoms with Crippen LogP contribution in [0.2, 0.25) is 0 Å². The number of hydrogen-bond acceptors (Lipinski definition) is 3. The summed E-state index contributed by atoms with van der Waals surface area (Å²) in [6, 6.07) is 2.27. The summed E-state index contributed by atoms with van der Waals surface area (Å²) in [5.41, 5.74) is 1.51. The van der Waals surface area contributed by atoms with Gasteiger partial charge in [-0.3, -0.25) is 4.68 Å². The highest BCUT2D eigenvalue weighted by atomic mass is 16.5. The van der Waals surface area contributed by atoms with Crippen molar-refractivity contribution in [1.82, 2.24) is 9.78 Å². The maximum absolute atomic E-state index is 11.9. The lowest BCUT2D eigenvalue weighted by Gasteiger charge is -2.14. The molecule has 0 aromatic carbocycles. The Morgan fingerprint density at radius 3 is 2.65 bits per heavy atom. The highest BCUT2D eigenvalue weighted by molar-refractivity contribution is 5.87. The topological polar surface area (TPSA) is 44.1 Å². The van der Waals surface area contributed by atoms with E-state index < -0.39 is 0 Å². The second kappa shape index (κ2) is 4.17. The third-order valence-electron chi connectivity index (χ3n) is 2.88. The van der Waals surface area contributed by atoms with Crippen LogP contribution < -0.4 is 0 Å². The van der Waals surface area contributed by atoms with Crippen LogP contribution in [0.4, 0.5) is 0 Å². The van der Waals surface area contributed by atoms with Gasteiger partial charge in [0.2, 0.25) is 0 Å². The summed E-state index contributed by atoms with van der Waals surface area (Å²) in [5.74, 6) is -0.262. The first-order valence-electron chi connectivity index (χ1n) is 6.20. The molecule has 0 bridgehead atoms. The minimum absolute atomic E-state index is 0.0403. The molecule has 1 saturated carbocycles. The molecule has 1 heterocycles. The monoisotopic (exact) mass is 236 g/mol. The second-order valence-corrected chi connectivity index (χ2v) is 5.56. The van der Waals surface area contributed by atoms with E-state index in [0.29, 0.717) is 18.3 Å². The van der Waals surface area contributed by atoms with Crippen LogP contribution in [0.3, 0.4) is 0 Å². The molecule has 1 aliphatic carbocycles. The lowest BCUT2D eigenvalue weighted by Crippen LogP contribution is -2.13. The van der Waals surface area contributed by atoms with E-state index in [9.17, 15) is 4.79 Å². The van der Waals surface area contributed by atoms with Crippen molar-refractivity contribution in [3.05, 3.63) is 17.5 Å². The Balaban J connectivity index is 2.35. The molecule has 0 saturated heterocycles. The van der Waals surface area contributed by atoms with Crippen molar-refractivity contribution in [2.45, 2.75) is 52.0 Å². The molecule has 0 amide bonds. The number of esters is 1. The van der Waals surface area contributed by atoms with Gasteiger partial charge in [-0.1, -0.05) is 20.8 Å². The van der Waals surface area contributed by atoms with Crippen LogP contribution in [0.15, 0.2) is 6.07 Å². The maximum atomic E-state index is 11.9. The number of aromatic nitrogens is 2. The van der Waals surface area contributed by atoms with Crippen molar-refractivity contribution in [1.29, 1.82) is 0 Å². The van der Waals surface area contributed by atoms with Gasteiger partial charge in [-0.15, -0.1) is 0 Å². The lowest BCUT2D eigenvalue weighted by molar-refractivity contribution is 0.0511. The normalized spacial score (nSPS) is 16.0. The predicted molar refractivity (Wildman–Crippen MR) is 65.2 cm³/mol. The zero-order valence-electron chi connectivity index (χ0n) is 11.0. The Morgan fingerprint density at radius 1 is 1.53 bits per heavy atom. The Morgan fingerprint density at radius 2 is 2.18 bits per heavy atom. The van der Waals surface area contributed by atoms with Gasteiger partial charge in [-0.05, 0) is 25.8 Å². The van der Waals surface area contributed by atoms with E-state index >= 15 is 0 Å². The van der Waals surface area contributed by atoms with Crippen molar-refractivity contribution in [3.8, 4) is 0 Å². The van der Waals surface area contributed by atoms with Gasteiger partial charge in [0.05, 0.1) is 18.3 Å². The van der Waals surface area contributed by atoms with Crippen LogP contribution in [0.1, 0.15) is 62.8 Å². The molecule has 94 valence electrons. The molecular weight excluding hydrogens is 216 g/mol. The summed E-state index contributed by atoms with van der Waals surface area (Å²) in [6.45, 7) is 8.52. The van der Waals surface area contributed by atoms with E-state index in [0.717, 1.165) is 18.5 Å². The van der Waals surface area contributed by atoms with Gasteiger partial charge in [0.15, 0.2) is 0 Å². The fraction of sp³-hybridized carbons (Fsp3) is 0.692. The summed E-state index contributed by atoms with van der Waals surface area (Å²) in [6.07, 6.45) is 2.22. The molecule has 4 nitrogen and oxygen atoms in total. The summed E-state index contributed by atoms with van der Waals surface area (Å²) < 4.78 is 6.92. The highest BCUT2D eigenvalue weighted by Crippen LogP contribution is 2.36. The average Bonchev–Trinajstić information content (AvgIpc) is 2.95. The van der Waals surface area contributed by atoms with Gasteiger partial charge < -0.3 is 4.74 Å². The fourth-order valence-corrected chi connectivity index (χ4v) is 1.72. The molecule has 0 N–H and O–H groups in total. The largest absolute Gasteiger partial charge is 0.461 e. The fourth-order valence-electron chi connectivity index (χ4n) is 1.72. The number of ether oxygens (including phenoxy) is 1. The predicted octanol–water partition coefficient (Wildman–Crippen LogP) is 2.69. The molecule has 2 rings (SSSR count). The highest BCUT2D eigenvalue weighted by Gasteiger charge is 2.32. The van der Waals surface area contributed by atoms with Crippen LogP contribution in [0.25, 0.3) is 0 Å². The van der Waals surface area contributed by atoms with E-state index in [1.54, 1.807) is 0 Å². The number of hydrogen-bond donors (Lipinski definition) is 0. The molecular formula is C13H20N2O2. The van der Waals surface area contributed by atoms with Crippen LogP contribution in [-0.2, 0) is 10.2 Å². The van der Waals surface area contributed by atoms with Crippen molar-refractivity contribution in [2.75, 3.05) is 6.61 Å². The SMILES string of the molecule is CCOC(=O)c1cc(C(C)(C)C)nn1C1CC1. The van der Waals surface area contributed by atoms with Gasteiger partial charge in [0.1, 0.15) is 5.69 Å². The first-order valence-corrected chi connectivity index (χ1v) is 6.20. The molecule has 0 radical (unpaired) electrons. The maximum Gasteiger partial charge on any atom is 0.356 e. The van der Waals surface area contributed by atoms with E-state index in [1.807, 2.05) is 17.7 Å². The molecule has 1 aromatic rings. The van der Waals surface area contributed by atoms with Crippen molar-refractivity contribution >= 4 is 5.97 Å². The number of rotatable bonds is 3. The molecule has 0 atom stereocenters. The average molecular weight is 236 g/mol. The summed E-state index contributed by atoms with van der Waals surface area (Å²) in [5, 5.41) is 4.56. The zero-order chi connectivity index (χ0) is 12.6. The van der Waals surface area contributed by atoms with Gasteiger partial charge in [-0.25, -0.2) is 4.79 Å². The van der Waals surface area contributed by atoms with E-state index in [-0.39, 0.29) is 11.4 Å². The first kappa shape index (κ1) is 12.1. The van der Waals surface area contributed by atoms with Crippen molar-refractivity contribution in [3.63, 3.8) is 0 Å². The Kier molecular flexibility index (Phi) is 2.98.